The molecule has 0 aliphatic heterocycles. The van der Waals surface area contributed by atoms with E-state index < -0.39 is 5.97 Å². The van der Waals surface area contributed by atoms with Gasteiger partial charge >= 0.3 is 5.97 Å². The third-order valence-electron chi connectivity index (χ3n) is 2.72. The van der Waals surface area contributed by atoms with Crippen molar-refractivity contribution >= 4 is 11.8 Å². The van der Waals surface area contributed by atoms with Crippen molar-refractivity contribution in [1.29, 1.82) is 0 Å². The minimum absolute atomic E-state index is 0.184. The van der Waals surface area contributed by atoms with E-state index >= 15 is 0 Å². The highest BCUT2D eigenvalue weighted by Crippen LogP contribution is 2.12. The van der Waals surface area contributed by atoms with Crippen molar-refractivity contribution in [2.75, 3.05) is 0 Å². The summed E-state index contributed by atoms with van der Waals surface area (Å²) in [5.74, 6) is -0.259. The molecule has 3 heteroatoms. The molecule has 0 heterocycles. The number of unbranched alkanes of at least 4 members (excludes halogenated alkanes) is 4. The highest BCUT2D eigenvalue weighted by Gasteiger charge is 2.06. The highest BCUT2D eigenvalue weighted by atomic mass is 16.4. The van der Waals surface area contributed by atoms with E-state index in [-0.39, 0.29) is 18.1 Å². The summed E-state index contributed by atoms with van der Waals surface area (Å²) in [6, 6.07) is 0. The molecule has 0 aromatic heterocycles. The molecule has 1 unspecified atom stereocenters. The van der Waals surface area contributed by atoms with Gasteiger partial charge in [0.2, 0.25) is 0 Å². The van der Waals surface area contributed by atoms with E-state index in [2.05, 4.69) is 0 Å². The zero-order valence-corrected chi connectivity index (χ0v) is 9.79. The number of hydrogen-bond acceptors (Lipinski definition) is 2. The first-order valence-electron chi connectivity index (χ1n) is 5.76. The van der Waals surface area contributed by atoms with Gasteiger partial charge in [0.05, 0.1) is 0 Å². The van der Waals surface area contributed by atoms with E-state index in [9.17, 15) is 9.59 Å². The quantitative estimate of drug-likeness (QED) is 0.600. The minimum Gasteiger partial charge on any atom is -0.481 e. The fraction of sp³-hybridized carbons (Fsp3) is 0.833. The van der Waals surface area contributed by atoms with Crippen LogP contribution in [0.15, 0.2) is 0 Å². The van der Waals surface area contributed by atoms with E-state index in [0.717, 1.165) is 38.5 Å². The first-order valence-corrected chi connectivity index (χ1v) is 5.76. The lowest BCUT2D eigenvalue weighted by Crippen LogP contribution is -2.05. The van der Waals surface area contributed by atoms with E-state index in [1.165, 1.54) is 0 Å². The topological polar surface area (TPSA) is 54.4 Å². The van der Waals surface area contributed by atoms with Crippen LogP contribution in [0.4, 0.5) is 0 Å². The Balaban J connectivity index is 3.18. The second kappa shape index (κ2) is 8.45. The molecule has 0 fully saturated rings. The van der Waals surface area contributed by atoms with Gasteiger partial charge in [-0.1, -0.05) is 32.6 Å². The van der Waals surface area contributed by atoms with Crippen LogP contribution in [-0.2, 0) is 9.59 Å². The molecule has 0 saturated heterocycles. The summed E-state index contributed by atoms with van der Waals surface area (Å²) >= 11 is 0. The fourth-order valence-electron chi connectivity index (χ4n) is 1.46. The van der Waals surface area contributed by atoms with Gasteiger partial charge in [-0.25, -0.2) is 0 Å². The summed E-state index contributed by atoms with van der Waals surface area (Å²) < 4.78 is 0. The highest BCUT2D eigenvalue weighted by molar-refractivity contribution is 5.77. The van der Waals surface area contributed by atoms with Gasteiger partial charge in [-0.05, 0) is 19.8 Å². The summed E-state index contributed by atoms with van der Waals surface area (Å²) in [5.41, 5.74) is 0. The van der Waals surface area contributed by atoms with Gasteiger partial charge in [0.15, 0.2) is 0 Å². The van der Waals surface area contributed by atoms with E-state index in [1.807, 2.05) is 6.92 Å². The molecule has 0 aromatic carbocycles. The van der Waals surface area contributed by atoms with E-state index in [1.54, 1.807) is 6.92 Å². The Bertz CT molecular complexity index is 199. The second-order valence-electron chi connectivity index (χ2n) is 4.21. The number of carboxylic acid groups (broad SMARTS) is 1. The number of carbonyl (C=O) groups excluding carboxylic acids is 1. The van der Waals surface area contributed by atoms with Crippen LogP contribution in [0.25, 0.3) is 0 Å². The Morgan fingerprint density at radius 2 is 1.60 bits per heavy atom. The van der Waals surface area contributed by atoms with Gasteiger partial charge in [0.1, 0.15) is 5.78 Å². The Morgan fingerprint density at radius 3 is 2.13 bits per heavy atom. The zero-order valence-electron chi connectivity index (χ0n) is 9.79. The Hall–Kier alpha value is -0.860. The van der Waals surface area contributed by atoms with Crippen molar-refractivity contribution in [2.24, 2.45) is 5.92 Å². The standard InChI is InChI=1S/C12H22O3/c1-10(11(2)13)8-6-4-3-5-7-9-12(14)15/h10H,3-9H2,1-2H3,(H,14,15). The molecule has 0 radical (unpaired) electrons. The number of ketones is 1. The SMILES string of the molecule is CC(=O)C(C)CCCCCCCC(=O)O. The maximum atomic E-state index is 10.9. The minimum atomic E-state index is -0.708. The van der Waals surface area contributed by atoms with Crippen LogP contribution in [0.3, 0.4) is 0 Å². The summed E-state index contributed by atoms with van der Waals surface area (Å²) in [4.78, 5) is 21.1. The van der Waals surface area contributed by atoms with Crippen LogP contribution >= 0.6 is 0 Å². The molecular weight excluding hydrogens is 192 g/mol. The van der Waals surface area contributed by atoms with Crippen molar-refractivity contribution in [2.45, 2.75) is 58.8 Å². The first-order chi connectivity index (χ1) is 7.04. The lowest BCUT2D eigenvalue weighted by molar-refractivity contribution is -0.137. The van der Waals surface area contributed by atoms with Gasteiger partial charge < -0.3 is 5.11 Å². The smallest absolute Gasteiger partial charge is 0.303 e. The molecule has 3 nitrogen and oxygen atoms in total. The molecule has 0 bridgehead atoms. The number of rotatable bonds is 9. The van der Waals surface area contributed by atoms with Crippen LogP contribution in [0.2, 0.25) is 0 Å². The molecule has 0 rings (SSSR count). The maximum Gasteiger partial charge on any atom is 0.303 e. The van der Waals surface area contributed by atoms with Gasteiger partial charge in [0.25, 0.3) is 0 Å². The molecular formula is C12H22O3. The molecule has 1 atom stereocenters. The third-order valence-corrected chi connectivity index (χ3v) is 2.72. The second-order valence-corrected chi connectivity index (χ2v) is 4.21. The van der Waals surface area contributed by atoms with Crippen LogP contribution in [-0.4, -0.2) is 16.9 Å². The van der Waals surface area contributed by atoms with E-state index in [0.29, 0.717) is 0 Å². The number of carbonyl (C=O) groups is 2. The maximum absolute atomic E-state index is 10.9. The molecule has 0 spiro atoms. The molecule has 0 saturated carbocycles. The first kappa shape index (κ1) is 14.1. The molecule has 88 valence electrons. The average molecular weight is 214 g/mol. The van der Waals surface area contributed by atoms with Gasteiger partial charge in [-0.3, -0.25) is 9.59 Å². The van der Waals surface area contributed by atoms with Gasteiger partial charge in [-0.2, -0.15) is 0 Å². The zero-order chi connectivity index (χ0) is 11.7. The molecule has 0 aliphatic carbocycles. The van der Waals surface area contributed by atoms with E-state index in [4.69, 9.17) is 5.11 Å². The van der Waals surface area contributed by atoms with Crippen molar-refractivity contribution in [3.63, 3.8) is 0 Å². The summed E-state index contributed by atoms with van der Waals surface area (Å²) in [6.07, 6.45) is 6.28. The molecule has 0 amide bonds. The number of hydrogen-bond donors (Lipinski definition) is 1. The lowest BCUT2D eigenvalue weighted by atomic mass is 9.99. The molecule has 0 aliphatic rings. The predicted molar refractivity (Wildman–Crippen MR) is 59.8 cm³/mol. The Morgan fingerprint density at radius 1 is 1.07 bits per heavy atom. The third kappa shape index (κ3) is 9.44. The van der Waals surface area contributed by atoms with Crippen molar-refractivity contribution in [3.05, 3.63) is 0 Å². The molecule has 1 N–H and O–H groups in total. The number of aliphatic carboxylic acids is 1. The van der Waals surface area contributed by atoms with Crippen LogP contribution in [0.1, 0.15) is 58.8 Å². The number of carboxylic acids is 1. The van der Waals surface area contributed by atoms with Gasteiger partial charge in [0, 0.05) is 12.3 Å². The monoisotopic (exact) mass is 214 g/mol. The summed E-state index contributed by atoms with van der Waals surface area (Å²) in [6.45, 7) is 3.60. The molecule has 0 aromatic rings. The Labute approximate surface area is 91.9 Å². The average Bonchev–Trinajstić information content (AvgIpc) is 2.15. The summed E-state index contributed by atoms with van der Waals surface area (Å²) in [7, 11) is 0. The van der Waals surface area contributed by atoms with Crippen LogP contribution in [0.5, 0.6) is 0 Å². The Kier molecular flexibility index (Phi) is 7.96. The number of Topliss-reactive ketones (excluding diaryl/α,β-unsaturated/α-hetero) is 1. The van der Waals surface area contributed by atoms with Gasteiger partial charge in [-0.15, -0.1) is 0 Å². The van der Waals surface area contributed by atoms with Crippen LogP contribution < -0.4 is 0 Å². The normalized spacial score (nSPS) is 12.4. The van der Waals surface area contributed by atoms with Crippen molar-refractivity contribution in [3.8, 4) is 0 Å². The largest absolute Gasteiger partial charge is 0.481 e. The van der Waals surface area contributed by atoms with Crippen molar-refractivity contribution < 1.29 is 14.7 Å². The van der Waals surface area contributed by atoms with Crippen LogP contribution in [0, 0.1) is 5.92 Å². The predicted octanol–water partition coefficient (Wildman–Crippen LogP) is 3.03. The summed E-state index contributed by atoms with van der Waals surface area (Å²) in [5, 5.41) is 8.41. The lowest BCUT2D eigenvalue weighted by Gasteiger charge is -2.06. The molecule has 15 heavy (non-hydrogen) atoms. The fourth-order valence-corrected chi connectivity index (χ4v) is 1.46. The van der Waals surface area contributed by atoms with Crippen molar-refractivity contribution in [1.82, 2.24) is 0 Å².